The van der Waals surface area contributed by atoms with Gasteiger partial charge < -0.3 is 15.2 Å². The number of aromatic nitrogens is 4. The highest BCUT2D eigenvalue weighted by Gasteiger charge is 2.18. The summed E-state index contributed by atoms with van der Waals surface area (Å²) >= 11 is 0. The summed E-state index contributed by atoms with van der Waals surface area (Å²) in [4.78, 5) is 26.0. The van der Waals surface area contributed by atoms with E-state index in [1.807, 2.05) is 6.92 Å². The highest BCUT2D eigenvalue weighted by Crippen LogP contribution is 2.27. The van der Waals surface area contributed by atoms with Gasteiger partial charge in [0.1, 0.15) is 11.0 Å². The molecule has 0 aliphatic carbocycles. The van der Waals surface area contributed by atoms with Crippen LogP contribution in [0.5, 0.6) is 11.8 Å². The molecule has 9 nitrogen and oxygen atoms in total. The molecule has 4 rings (SSSR count). The molecule has 0 saturated heterocycles. The fourth-order valence-corrected chi connectivity index (χ4v) is 3.36. The lowest BCUT2D eigenvalue weighted by Crippen LogP contribution is -2.24. The molecule has 3 heterocycles. The third kappa shape index (κ3) is 4.53. The van der Waals surface area contributed by atoms with Gasteiger partial charge in [-0.1, -0.05) is 0 Å². The molecule has 0 unspecified atom stereocenters. The SMILES string of the molecule is CCOc1ccc2nn(-c3ccc(N)c(C=NC)c3)c(=O)c(-c3ccc(OC(F)F)nc3)c2n1. The summed E-state index contributed by atoms with van der Waals surface area (Å²) in [5.41, 5.74) is 8.28. The Morgan fingerprint density at radius 1 is 1.18 bits per heavy atom. The monoisotopic (exact) mass is 466 g/mol. The van der Waals surface area contributed by atoms with Crippen LogP contribution in [0.3, 0.4) is 0 Å². The predicted octanol–water partition coefficient (Wildman–Crippen LogP) is 3.47. The minimum Gasteiger partial charge on any atom is -0.478 e. The van der Waals surface area contributed by atoms with E-state index in [0.717, 1.165) is 0 Å². The van der Waals surface area contributed by atoms with E-state index in [9.17, 15) is 13.6 Å². The molecule has 0 spiro atoms. The van der Waals surface area contributed by atoms with Gasteiger partial charge in [0, 0.05) is 48.4 Å². The molecule has 0 atom stereocenters. The minimum absolute atomic E-state index is 0.171. The van der Waals surface area contributed by atoms with E-state index in [-0.39, 0.29) is 17.0 Å². The lowest BCUT2D eigenvalue weighted by atomic mass is 10.1. The second-order valence-electron chi connectivity index (χ2n) is 7.01. The highest BCUT2D eigenvalue weighted by molar-refractivity contribution is 5.91. The largest absolute Gasteiger partial charge is 0.478 e. The van der Waals surface area contributed by atoms with E-state index in [0.29, 0.717) is 40.5 Å². The number of alkyl halides is 2. The van der Waals surface area contributed by atoms with Crippen molar-refractivity contribution in [2.45, 2.75) is 13.5 Å². The average molecular weight is 466 g/mol. The zero-order chi connectivity index (χ0) is 24.2. The quantitative estimate of drug-likeness (QED) is 0.327. The van der Waals surface area contributed by atoms with E-state index in [1.165, 1.54) is 23.0 Å². The number of hydrogen-bond acceptors (Lipinski definition) is 8. The van der Waals surface area contributed by atoms with Crippen molar-refractivity contribution >= 4 is 22.9 Å². The third-order valence-electron chi connectivity index (χ3n) is 4.81. The maximum atomic E-state index is 13.6. The maximum Gasteiger partial charge on any atom is 0.388 e. The number of hydrogen-bond donors (Lipinski definition) is 1. The Kier molecular flexibility index (Phi) is 6.44. The van der Waals surface area contributed by atoms with Gasteiger partial charge >= 0.3 is 6.61 Å². The molecule has 0 aliphatic rings. The molecule has 4 aromatic rings. The van der Waals surface area contributed by atoms with E-state index in [4.69, 9.17) is 10.5 Å². The first kappa shape index (κ1) is 22.8. The molecule has 0 radical (unpaired) electrons. The van der Waals surface area contributed by atoms with Crippen LogP contribution in [0.1, 0.15) is 12.5 Å². The van der Waals surface area contributed by atoms with Crippen molar-refractivity contribution in [3.63, 3.8) is 0 Å². The minimum atomic E-state index is -3.01. The van der Waals surface area contributed by atoms with Crippen molar-refractivity contribution in [3.05, 3.63) is 64.6 Å². The molecule has 0 bridgehead atoms. The number of aliphatic imine (C=N–C) groups is 1. The summed E-state index contributed by atoms with van der Waals surface area (Å²) < 4.78 is 36.1. The Hall–Kier alpha value is -4.41. The number of anilines is 1. The Bertz CT molecular complexity index is 1420. The van der Waals surface area contributed by atoms with Crippen molar-refractivity contribution in [1.82, 2.24) is 19.7 Å². The molecule has 0 saturated carbocycles. The maximum absolute atomic E-state index is 13.6. The average Bonchev–Trinajstić information content (AvgIpc) is 2.81. The lowest BCUT2D eigenvalue weighted by Gasteiger charge is -2.13. The lowest BCUT2D eigenvalue weighted by molar-refractivity contribution is -0.0528. The normalized spacial score (nSPS) is 11.4. The number of ether oxygens (including phenoxy) is 2. The van der Waals surface area contributed by atoms with Crippen LogP contribution in [0, 0.1) is 0 Å². The molecule has 0 amide bonds. The summed E-state index contributed by atoms with van der Waals surface area (Å²) in [7, 11) is 1.61. The Labute approximate surface area is 192 Å². The first-order valence-corrected chi connectivity index (χ1v) is 10.2. The van der Waals surface area contributed by atoms with Crippen molar-refractivity contribution in [2.75, 3.05) is 19.4 Å². The van der Waals surface area contributed by atoms with Gasteiger partial charge in [-0.05, 0) is 37.3 Å². The van der Waals surface area contributed by atoms with Gasteiger partial charge in [-0.25, -0.2) is 9.97 Å². The number of fused-ring (bicyclic) bond motifs is 1. The van der Waals surface area contributed by atoms with Gasteiger partial charge in [0.05, 0.1) is 17.9 Å². The van der Waals surface area contributed by atoms with E-state index >= 15 is 0 Å². The predicted molar refractivity (Wildman–Crippen MR) is 124 cm³/mol. The number of nitrogen functional groups attached to an aromatic ring is 1. The summed E-state index contributed by atoms with van der Waals surface area (Å²) in [6, 6.07) is 11.0. The van der Waals surface area contributed by atoms with E-state index < -0.39 is 12.2 Å². The van der Waals surface area contributed by atoms with E-state index in [2.05, 4.69) is 24.8 Å². The first-order chi connectivity index (χ1) is 16.4. The fourth-order valence-electron chi connectivity index (χ4n) is 3.36. The number of pyridine rings is 2. The standard InChI is InChI=1S/C23H20F2N6O3/c1-3-33-19-9-7-17-21(29-19)20(13-4-8-18(28-12-13)34-23(24)25)22(32)31(30-17)15-5-6-16(26)14(10-15)11-27-2/h4-12,23H,3,26H2,1-2H3. The van der Waals surface area contributed by atoms with Gasteiger partial charge in [0.2, 0.25) is 11.8 Å². The number of nitrogens with two attached hydrogens (primary N) is 1. The first-order valence-electron chi connectivity index (χ1n) is 10.2. The number of benzene rings is 1. The number of rotatable bonds is 7. The van der Waals surface area contributed by atoms with Crippen LogP contribution < -0.4 is 20.8 Å². The third-order valence-corrected chi connectivity index (χ3v) is 4.81. The summed E-state index contributed by atoms with van der Waals surface area (Å²) in [6.45, 7) is -0.821. The van der Waals surface area contributed by atoms with Crippen LogP contribution in [0.25, 0.3) is 27.8 Å². The zero-order valence-corrected chi connectivity index (χ0v) is 18.3. The Morgan fingerprint density at radius 3 is 2.65 bits per heavy atom. The summed E-state index contributed by atoms with van der Waals surface area (Å²) in [6.07, 6.45) is 2.85. The smallest absolute Gasteiger partial charge is 0.388 e. The molecule has 34 heavy (non-hydrogen) atoms. The van der Waals surface area contributed by atoms with Crippen molar-refractivity contribution < 1.29 is 18.3 Å². The molecule has 0 fully saturated rings. The fraction of sp³-hybridized carbons (Fsp3) is 0.174. The van der Waals surface area contributed by atoms with Crippen molar-refractivity contribution in [3.8, 4) is 28.6 Å². The van der Waals surface area contributed by atoms with Crippen LogP contribution in [0.2, 0.25) is 0 Å². The molecule has 11 heteroatoms. The number of halogens is 2. The van der Waals surface area contributed by atoms with Crippen molar-refractivity contribution in [2.24, 2.45) is 4.99 Å². The van der Waals surface area contributed by atoms with Crippen LogP contribution in [0.15, 0.2) is 58.4 Å². The molecule has 0 aliphatic heterocycles. The van der Waals surface area contributed by atoms with Gasteiger partial charge in [-0.15, -0.1) is 0 Å². The van der Waals surface area contributed by atoms with Gasteiger partial charge in [0.15, 0.2) is 0 Å². The molecule has 2 N–H and O–H groups in total. The van der Waals surface area contributed by atoms with Crippen LogP contribution in [-0.2, 0) is 0 Å². The molecular formula is C23H20F2N6O3. The second kappa shape index (κ2) is 9.61. The van der Waals surface area contributed by atoms with Gasteiger partial charge in [-0.2, -0.15) is 18.6 Å². The van der Waals surface area contributed by atoms with E-state index in [1.54, 1.807) is 43.6 Å². The molecular weight excluding hydrogens is 446 g/mol. The van der Waals surface area contributed by atoms with Crippen molar-refractivity contribution in [1.29, 1.82) is 0 Å². The van der Waals surface area contributed by atoms with Gasteiger partial charge in [-0.3, -0.25) is 9.79 Å². The summed E-state index contributed by atoms with van der Waals surface area (Å²) in [5.74, 6) is 0.0390. The van der Waals surface area contributed by atoms with Crippen LogP contribution in [-0.4, -0.2) is 46.2 Å². The zero-order valence-electron chi connectivity index (χ0n) is 18.3. The van der Waals surface area contributed by atoms with Crippen LogP contribution >= 0.6 is 0 Å². The number of nitrogens with zero attached hydrogens (tertiary/aromatic N) is 5. The Morgan fingerprint density at radius 2 is 1.97 bits per heavy atom. The summed E-state index contributed by atoms with van der Waals surface area (Å²) in [5, 5.41) is 4.48. The molecule has 1 aromatic carbocycles. The molecule has 3 aromatic heterocycles. The topological polar surface area (TPSA) is 118 Å². The molecule has 174 valence electrons. The van der Waals surface area contributed by atoms with Gasteiger partial charge in [0.25, 0.3) is 5.56 Å². The van der Waals surface area contributed by atoms with Crippen LogP contribution in [0.4, 0.5) is 14.5 Å². The Balaban J connectivity index is 1.97. The second-order valence-corrected chi connectivity index (χ2v) is 7.01. The highest BCUT2D eigenvalue weighted by atomic mass is 19.3.